The molecule has 0 radical (unpaired) electrons. The number of hydrazine groups is 1. The van der Waals surface area contributed by atoms with Gasteiger partial charge in [-0.1, -0.05) is 47.7 Å². The summed E-state index contributed by atoms with van der Waals surface area (Å²) in [6.45, 7) is 3.82. The lowest BCUT2D eigenvalue weighted by molar-refractivity contribution is -0.119. The summed E-state index contributed by atoms with van der Waals surface area (Å²) in [6.07, 6.45) is 1.82. The fourth-order valence-electron chi connectivity index (χ4n) is 3.39. The van der Waals surface area contributed by atoms with Crippen molar-refractivity contribution in [3.05, 3.63) is 100 Å². The van der Waals surface area contributed by atoms with Crippen LogP contribution in [0, 0.1) is 6.92 Å². The zero-order valence-corrected chi connectivity index (χ0v) is 19.6. The van der Waals surface area contributed by atoms with Crippen LogP contribution in [0.15, 0.2) is 88.8 Å². The normalized spacial score (nSPS) is 11.4. The van der Waals surface area contributed by atoms with Gasteiger partial charge in [0.1, 0.15) is 5.75 Å². The molecule has 3 aromatic carbocycles. The molecule has 34 heavy (non-hydrogen) atoms. The second-order valence-electron chi connectivity index (χ2n) is 7.60. The highest BCUT2D eigenvalue weighted by molar-refractivity contribution is 7.99. The summed E-state index contributed by atoms with van der Waals surface area (Å²) in [5.41, 5.74) is 9.28. The van der Waals surface area contributed by atoms with E-state index in [9.17, 15) is 14.7 Å². The number of hydrogen-bond donors (Lipinski definition) is 3. The highest BCUT2D eigenvalue weighted by atomic mass is 32.2. The smallest absolute Gasteiger partial charge is 0.266 e. The summed E-state index contributed by atoms with van der Waals surface area (Å²) in [5, 5.41) is 10.4. The number of aryl methyl sites for hydroxylation is 1. The van der Waals surface area contributed by atoms with Crippen molar-refractivity contribution in [2.75, 3.05) is 5.75 Å². The number of phenolic OH excluding ortho intramolecular Hbond substituents is 1. The molecular weight excluding hydrogens is 448 g/mol. The van der Waals surface area contributed by atoms with Crippen LogP contribution in [0.25, 0.3) is 22.3 Å². The molecule has 1 amide bonds. The Morgan fingerprint density at radius 3 is 2.44 bits per heavy atom. The number of nitrogens with one attached hydrogen (secondary N) is 2. The Morgan fingerprint density at radius 1 is 1.03 bits per heavy atom. The molecular formula is C26H24N4O3S. The van der Waals surface area contributed by atoms with E-state index in [1.807, 2.05) is 56.3 Å². The minimum absolute atomic E-state index is 0.0518. The lowest BCUT2D eigenvalue weighted by atomic mass is 10.1. The third-order valence-electron chi connectivity index (χ3n) is 5.17. The average Bonchev–Trinajstić information content (AvgIpc) is 2.85. The van der Waals surface area contributed by atoms with Gasteiger partial charge in [-0.2, -0.15) is 0 Å². The van der Waals surface area contributed by atoms with Crippen LogP contribution in [-0.2, 0) is 4.79 Å². The number of fused-ring (bicyclic) bond motifs is 1. The number of carbonyl (C=O) groups is 1. The van der Waals surface area contributed by atoms with Gasteiger partial charge in [-0.15, -0.1) is 0 Å². The molecule has 172 valence electrons. The van der Waals surface area contributed by atoms with Gasteiger partial charge in [0.05, 0.1) is 28.0 Å². The monoisotopic (exact) mass is 472 g/mol. The quantitative estimate of drug-likeness (QED) is 0.212. The van der Waals surface area contributed by atoms with Crippen molar-refractivity contribution in [1.82, 2.24) is 20.4 Å². The highest BCUT2D eigenvalue weighted by Crippen LogP contribution is 2.22. The predicted molar refractivity (Wildman–Crippen MR) is 136 cm³/mol. The van der Waals surface area contributed by atoms with Crippen molar-refractivity contribution in [3.8, 4) is 11.4 Å². The van der Waals surface area contributed by atoms with Crippen molar-refractivity contribution in [3.63, 3.8) is 0 Å². The number of carbonyl (C=O) groups excluding carboxylic acids is 1. The lowest BCUT2D eigenvalue weighted by Crippen LogP contribution is -2.37. The van der Waals surface area contributed by atoms with E-state index in [1.165, 1.54) is 11.8 Å². The molecule has 7 nitrogen and oxygen atoms in total. The van der Waals surface area contributed by atoms with Gasteiger partial charge < -0.3 is 5.11 Å². The summed E-state index contributed by atoms with van der Waals surface area (Å²) < 4.78 is 1.54. The summed E-state index contributed by atoms with van der Waals surface area (Å²) in [4.78, 5) is 30.5. The van der Waals surface area contributed by atoms with Crippen LogP contribution >= 0.6 is 11.8 Å². The number of phenols is 1. The first-order valence-electron chi connectivity index (χ1n) is 10.7. The highest BCUT2D eigenvalue weighted by Gasteiger charge is 2.15. The molecule has 4 aromatic rings. The molecule has 0 unspecified atom stereocenters. The Hall–Kier alpha value is -4.04. The maximum Gasteiger partial charge on any atom is 0.266 e. The molecule has 1 heterocycles. The standard InChI is InChI=1S/C26H24N4O3S/c1-3-22(18-10-14-20(31)15-11-18)28-29-24(32)16-34-26-27-23-7-5-4-6-21(23)25(33)30(26)19-12-8-17(2)9-13-19/h3-15,28,31H,16H2,1-2H3,(H,29,32)/b22-3+. The summed E-state index contributed by atoms with van der Waals surface area (Å²) >= 11 is 1.19. The zero-order valence-electron chi connectivity index (χ0n) is 18.8. The summed E-state index contributed by atoms with van der Waals surface area (Å²) in [5.74, 6) is -0.0564. The third-order valence-corrected chi connectivity index (χ3v) is 6.11. The minimum atomic E-state index is -0.277. The summed E-state index contributed by atoms with van der Waals surface area (Å²) in [7, 11) is 0. The Labute approximate surface area is 201 Å². The Morgan fingerprint density at radius 2 is 1.74 bits per heavy atom. The molecule has 8 heteroatoms. The molecule has 1 aromatic heterocycles. The summed E-state index contributed by atoms with van der Waals surface area (Å²) in [6, 6.07) is 21.4. The van der Waals surface area contributed by atoms with Gasteiger partial charge in [-0.25, -0.2) is 4.98 Å². The molecule has 0 fully saturated rings. The van der Waals surface area contributed by atoms with Crippen molar-refractivity contribution >= 4 is 34.3 Å². The number of allylic oxidation sites excluding steroid dienone is 1. The van der Waals surface area contributed by atoms with Gasteiger partial charge in [-0.3, -0.25) is 25.0 Å². The zero-order chi connectivity index (χ0) is 24.1. The van der Waals surface area contributed by atoms with E-state index in [4.69, 9.17) is 0 Å². The molecule has 0 saturated heterocycles. The molecule has 0 aliphatic heterocycles. The number of hydrogen-bond acceptors (Lipinski definition) is 6. The maximum absolute atomic E-state index is 13.3. The lowest BCUT2D eigenvalue weighted by Gasteiger charge is -2.14. The van der Waals surface area contributed by atoms with E-state index in [1.54, 1.807) is 41.0 Å². The van der Waals surface area contributed by atoms with Gasteiger partial charge >= 0.3 is 0 Å². The Balaban J connectivity index is 1.54. The third kappa shape index (κ3) is 5.13. The minimum Gasteiger partial charge on any atom is -0.508 e. The molecule has 3 N–H and O–H groups in total. The van der Waals surface area contributed by atoms with Gasteiger partial charge in [0.2, 0.25) is 5.91 Å². The number of para-hydroxylation sites is 1. The first-order valence-corrected chi connectivity index (χ1v) is 11.7. The van der Waals surface area contributed by atoms with Crippen molar-refractivity contribution in [2.45, 2.75) is 19.0 Å². The topological polar surface area (TPSA) is 96.3 Å². The molecule has 0 spiro atoms. The number of thioether (sulfide) groups is 1. The average molecular weight is 473 g/mol. The Bertz CT molecular complexity index is 1410. The van der Waals surface area contributed by atoms with Crippen molar-refractivity contribution < 1.29 is 9.90 Å². The fraction of sp³-hybridized carbons (Fsp3) is 0.115. The molecule has 0 bridgehead atoms. The number of aromatic hydroxyl groups is 1. The van der Waals surface area contributed by atoms with E-state index in [-0.39, 0.29) is 23.0 Å². The number of nitrogens with zero attached hydrogens (tertiary/aromatic N) is 2. The maximum atomic E-state index is 13.3. The molecule has 4 rings (SSSR count). The van der Waals surface area contributed by atoms with Gasteiger partial charge in [0, 0.05) is 0 Å². The Kier molecular flexibility index (Phi) is 6.98. The number of aromatic nitrogens is 2. The molecule has 0 aliphatic carbocycles. The first-order chi connectivity index (χ1) is 16.5. The number of amides is 1. The van der Waals surface area contributed by atoms with E-state index in [0.29, 0.717) is 27.4 Å². The van der Waals surface area contributed by atoms with Crippen LogP contribution in [0.5, 0.6) is 5.75 Å². The van der Waals surface area contributed by atoms with E-state index < -0.39 is 0 Å². The molecule has 0 saturated carbocycles. The largest absolute Gasteiger partial charge is 0.508 e. The first kappa shape index (κ1) is 23.1. The van der Waals surface area contributed by atoms with Crippen LogP contribution in [0.4, 0.5) is 0 Å². The van der Waals surface area contributed by atoms with Gasteiger partial charge in [0.25, 0.3) is 5.56 Å². The molecule has 0 atom stereocenters. The van der Waals surface area contributed by atoms with Crippen LogP contribution in [-0.4, -0.2) is 26.3 Å². The molecule has 0 aliphatic rings. The number of benzene rings is 3. The van der Waals surface area contributed by atoms with E-state index in [2.05, 4.69) is 15.8 Å². The van der Waals surface area contributed by atoms with Crippen LogP contribution in [0.2, 0.25) is 0 Å². The van der Waals surface area contributed by atoms with Crippen molar-refractivity contribution in [1.29, 1.82) is 0 Å². The van der Waals surface area contributed by atoms with Crippen LogP contribution in [0.3, 0.4) is 0 Å². The van der Waals surface area contributed by atoms with Crippen LogP contribution in [0.1, 0.15) is 18.1 Å². The van der Waals surface area contributed by atoms with E-state index in [0.717, 1.165) is 11.1 Å². The van der Waals surface area contributed by atoms with Gasteiger partial charge in [0.15, 0.2) is 5.16 Å². The van der Waals surface area contributed by atoms with Gasteiger partial charge in [-0.05, 0) is 67.9 Å². The fourth-order valence-corrected chi connectivity index (χ4v) is 4.20. The SMILES string of the molecule is C/C=C(/NNC(=O)CSc1nc2ccccc2c(=O)n1-c1ccc(C)cc1)c1ccc(O)cc1. The van der Waals surface area contributed by atoms with E-state index >= 15 is 0 Å². The second kappa shape index (κ2) is 10.3. The van der Waals surface area contributed by atoms with Crippen LogP contribution < -0.4 is 16.4 Å². The second-order valence-corrected chi connectivity index (χ2v) is 8.54. The number of rotatable bonds is 7. The predicted octanol–water partition coefficient (Wildman–Crippen LogP) is 4.17. The van der Waals surface area contributed by atoms with Crippen molar-refractivity contribution in [2.24, 2.45) is 0 Å².